The standard InChI is InChI=1S/C27H42N4O13/c1-26(9-28,11-5-3-2-4-6-11)27(10-34)22(38)19(37)16(31)25(44-27)43-21-13(8-33)41-24(15(30)18(21)36)42-20-12(7-32)40-23(39)14(29)17(20)35/h2-6,12-25,32-39H,7-8,10,29-31H2,1H3/t12-,13-,14-,15-,16-,17-,18-,19-,20?,21?,22+,23-,24+,25+,26?,27-/m1/s1. The van der Waals surface area contributed by atoms with Crippen molar-refractivity contribution in [1.29, 1.82) is 5.26 Å². The van der Waals surface area contributed by atoms with Gasteiger partial charge in [-0.15, -0.1) is 0 Å². The van der Waals surface area contributed by atoms with E-state index in [0.717, 1.165) is 0 Å². The zero-order valence-electron chi connectivity index (χ0n) is 23.9. The molecule has 44 heavy (non-hydrogen) atoms. The molecule has 3 unspecified atom stereocenters. The summed E-state index contributed by atoms with van der Waals surface area (Å²) in [5, 5.41) is 94.4. The third-order valence-corrected chi connectivity index (χ3v) is 8.90. The van der Waals surface area contributed by atoms with Crippen molar-refractivity contribution >= 4 is 0 Å². The fourth-order valence-corrected chi connectivity index (χ4v) is 5.96. The molecule has 0 radical (unpaired) electrons. The maximum atomic E-state index is 11.2. The van der Waals surface area contributed by atoms with Crippen LogP contribution >= 0.6 is 0 Å². The van der Waals surface area contributed by atoms with E-state index in [4.69, 9.17) is 40.9 Å². The van der Waals surface area contributed by atoms with Crippen LogP contribution in [0.15, 0.2) is 30.3 Å². The topological polar surface area (TPSA) is 310 Å². The van der Waals surface area contributed by atoms with Gasteiger partial charge in [0.2, 0.25) is 0 Å². The zero-order valence-corrected chi connectivity index (χ0v) is 23.9. The Labute approximate surface area is 252 Å². The van der Waals surface area contributed by atoms with Crippen molar-refractivity contribution in [1.82, 2.24) is 0 Å². The van der Waals surface area contributed by atoms with E-state index in [0.29, 0.717) is 5.56 Å². The first-order valence-electron chi connectivity index (χ1n) is 14.1. The molecule has 3 fully saturated rings. The summed E-state index contributed by atoms with van der Waals surface area (Å²) in [6.07, 6.45) is -17.2. The van der Waals surface area contributed by atoms with E-state index in [1.54, 1.807) is 30.3 Å². The number of benzene rings is 1. The predicted molar refractivity (Wildman–Crippen MR) is 146 cm³/mol. The molecular weight excluding hydrogens is 588 g/mol. The van der Waals surface area contributed by atoms with E-state index >= 15 is 0 Å². The lowest BCUT2D eigenvalue weighted by Crippen LogP contribution is -2.75. The van der Waals surface area contributed by atoms with Crippen LogP contribution in [0.5, 0.6) is 0 Å². The van der Waals surface area contributed by atoms with Crippen molar-refractivity contribution in [2.45, 2.75) is 104 Å². The van der Waals surface area contributed by atoms with Gasteiger partial charge in [-0.2, -0.15) is 5.26 Å². The normalized spacial score (nSPS) is 46.2. The number of nitrogens with zero attached hydrogens (tertiary/aromatic N) is 1. The smallest absolute Gasteiger partial charge is 0.176 e. The molecule has 17 nitrogen and oxygen atoms in total. The summed E-state index contributed by atoms with van der Waals surface area (Å²) in [4.78, 5) is 0. The summed E-state index contributed by atoms with van der Waals surface area (Å²) < 4.78 is 28.7. The Balaban J connectivity index is 1.59. The molecule has 4 rings (SSSR count). The van der Waals surface area contributed by atoms with Crippen LogP contribution in [0.2, 0.25) is 0 Å². The first kappa shape index (κ1) is 34.9. The Hall–Kier alpha value is -1.93. The Morgan fingerprint density at radius 2 is 1.34 bits per heavy atom. The lowest BCUT2D eigenvalue weighted by Gasteiger charge is -2.55. The number of aliphatic hydroxyl groups is 8. The molecular formula is C27H42N4O13. The van der Waals surface area contributed by atoms with Gasteiger partial charge in [-0.05, 0) is 12.5 Å². The molecule has 0 bridgehead atoms. The highest BCUT2D eigenvalue weighted by molar-refractivity contribution is 5.38. The second-order valence-electron chi connectivity index (χ2n) is 11.5. The number of hydrogen-bond donors (Lipinski definition) is 11. The number of rotatable bonds is 9. The van der Waals surface area contributed by atoms with E-state index in [9.17, 15) is 46.1 Å². The van der Waals surface area contributed by atoms with Gasteiger partial charge >= 0.3 is 0 Å². The largest absolute Gasteiger partial charge is 0.394 e. The minimum Gasteiger partial charge on any atom is -0.394 e. The second-order valence-corrected chi connectivity index (χ2v) is 11.5. The Kier molecular flexibility index (Phi) is 11.0. The molecule has 3 aliphatic rings. The van der Waals surface area contributed by atoms with E-state index in [1.165, 1.54) is 6.92 Å². The molecule has 3 aliphatic heterocycles. The van der Waals surface area contributed by atoms with Gasteiger partial charge < -0.3 is 81.7 Å². The van der Waals surface area contributed by atoms with E-state index in [1.807, 2.05) is 0 Å². The quantitative estimate of drug-likeness (QED) is 0.121. The fraction of sp³-hybridized carbons (Fsp3) is 0.741. The average Bonchev–Trinajstić information content (AvgIpc) is 3.04. The van der Waals surface area contributed by atoms with Crippen LogP contribution in [0.4, 0.5) is 0 Å². The zero-order chi connectivity index (χ0) is 32.6. The molecule has 0 aliphatic carbocycles. The molecule has 17 heteroatoms. The van der Waals surface area contributed by atoms with Crippen LogP contribution in [0.3, 0.4) is 0 Å². The summed E-state index contributed by atoms with van der Waals surface area (Å²) >= 11 is 0. The van der Waals surface area contributed by atoms with Gasteiger partial charge in [-0.25, -0.2) is 0 Å². The molecule has 0 aromatic heterocycles. The van der Waals surface area contributed by atoms with Crippen LogP contribution in [0.1, 0.15) is 12.5 Å². The summed E-state index contributed by atoms with van der Waals surface area (Å²) in [6, 6.07) is 5.98. The van der Waals surface area contributed by atoms with E-state index in [-0.39, 0.29) is 0 Å². The van der Waals surface area contributed by atoms with Gasteiger partial charge in [0.05, 0.1) is 44.0 Å². The van der Waals surface area contributed by atoms with E-state index < -0.39 is 117 Å². The minimum absolute atomic E-state index is 0.343. The third kappa shape index (κ3) is 5.87. The summed E-state index contributed by atoms with van der Waals surface area (Å²) in [6.45, 7) is -1.03. The van der Waals surface area contributed by atoms with Crippen molar-refractivity contribution in [3.63, 3.8) is 0 Å². The minimum atomic E-state index is -2.19. The second kappa shape index (κ2) is 13.8. The summed E-state index contributed by atoms with van der Waals surface area (Å²) in [5.41, 5.74) is 14.5. The number of hydrogen-bond acceptors (Lipinski definition) is 17. The fourth-order valence-electron chi connectivity index (χ4n) is 5.96. The molecule has 14 N–H and O–H groups in total. The predicted octanol–water partition coefficient (Wildman–Crippen LogP) is -5.82. The molecule has 0 amide bonds. The Morgan fingerprint density at radius 1 is 0.818 bits per heavy atom. The Bertz CT molecular complexity index is 1130. The molecule has 0 saturated carbocycles. The van der Waals surface area contributed by atoms with Gasteiger partial charge in [-0.3, -0.25) is 0 Å². The highest BCUT2D eigenvalue weighted by atomic mass is 16.7. The number of nitrogens with two attached hydrogens (primary N) is 3. The van der Waals surface area contributed by atoms with Crippen molar-refractivity contribution < 1.29 is 64.5 Å². The van der Waals surface area contributed by atoms with Gasteiger partial charge in [0.1, 0.15) is 59.8 Å². The molecule has 3 heterocycles. The molecule has 0 spiro atoms. The molecule has 16 atom stereocenters. The molecule has 3 saturated heterocycles. The summed E-state index contributed by atoms with van der Waals surface area (Å²) in [5.74, 6) is 0. The lowest BCUT2D eigenvalue weighted by atomic mass is 9.64. The van der Waals surface area contributed by atoms with Crippen molar-refractivity contribution in [3.05, 3.63) is 35.9 Å². The molecule has 248 valence electrons. The lowest BCUT2D eigenvalue weighted by molar-refractivity contribution is -0.365. The number of aliphatic hydroxyl groups excluding tert-OH is 8. The maximum Gasteiger partial charge on any atom is 0.176 e. The maximum absolute atomic E-state index is 11.2. The highest BCUT2D eigenvalue weighted by Crippen LogP contribution is 2.45. The summed E-state index contributed by atoms with van der Waals surface area (Å²) in [7, 11) is 0. The average molecular weight is 631 g/mol. The van der Waals surface area contributed by atoms with Gasteiger partial charge in [0.25, 0.3) is 0 Å². The monoisotopic (exact) mass is 630 g/mol. The number of ether oxygens (including phenoxy) is 5. The molecule has 1 aromatic rings. The molecule has 1 aromatic carbocycles. The van der Waals surface area contributed by atoms with Crippen molar-refractivity contribution in [2.75, 3.05) is 19.8 Å². The third-order valence-electron chi connectivity index (χ3n) is 8.90. The van der Waals surface area contributed by atoms with Crippen LogP contribution in [-0.4, -0.2) is 152 Å². The SMILES string of the molecule is CC(C#N)(c1ccccc1)[C@]1(CO)O[C@H](OC2[C@@H](CO)O[C@@H](OC3[C@@H](CO)O[C@@H](O)[C@H](N)[C@H]3O)[C@H](N)[C@H]2O)[C@H](N)[C@@H](O)[C@@H]1O. The Morgan fingerprint density at radius 3 is 1.89 bits per heavy atom. The van der Waals surface area contributed by atoms with E-state index in [2.05, 4.69) is 6.07 Å². The van der Waals surface area contributed by atoms with Gasteiger partial charge in [0.15, 0.2) is 18.9 Å². The first-order chi connectivity index (χ1) is 20.8. The van der Waals surface area contributed by atoms with Crippen LogP contribution in [-0.2, 0) is 29.1 Å². The van der Waals surface area contributed by atoms with Gasteiger partial charge in [0, 0.05) is 0 Å². The highest BCUT2D eigenvalue weighted by Gasteiger charge is 2.64. The number of nitriles is 1. The van der Waals surface area contributed by atoms with Crippen molar-refractivity contribution in [3.8, 4) is 6.07 Å². The van der Waals surface area contributed by atoms with Crippen LogP contribution in [0, 0.1) is 11.3 Å². The van der Waals surface area contributed by atoms with Crippen LogP contribution < -0.4 is 17.2 Å². The van der Waals surface area contributed by atoms with Gasteiger partial charge in [-0.1, -0.05) is 30.3 Å². The van der Waals surface area contributed by atoms with Crippen molar-refractivity contribution in [2.24, 2.45) is 17.2 Å². The first-order valence-corrected chi connectivity index (χ1v) is 14.1. The van der Waals surface area contributed by atoms with Crippen LogP contribution in [0.25, 0.3) is 0 Å².